The van der Waals surface area contributed by atoms with Gasteiger partial charge in [-0.3, -0.25) is 0 Å². The molecule has 1 aliphatic heterocycles. The zero-order chi connectivity index (χ0) is 12.4. The Balaban J connectivity index is 2.17. The highest BCUT2D eigenvalue weighted by Gasteiger charge is 2.29. The Morgan fingerprint density at radius 3 is 2.88 bits per heavy atom. The van der Waals surface area contributed by atoms with Crippen LogP contribution in [-0.4, -0.2) is 37.8 Å². The monoisotopic (exact) mass is 257 g/mol. The first-order chi connectivity index (χ1) is 8.17. The standard InChI is InChI=1S/C11H19N3O2S/c1-7-4-5-14(6-8(7)15-2)11-9(16-3)10(12)13-17-11/h7-8H,4-6H2,1-3H3,(H2,12,13). The highest BCUT2D eigenvalue weighted by Crippen LogP contribution is 2.39. The molecule has 96 valence electrons. The van der Waals surface area contributed by atoms with E-state index in [4.69, 9.17) is 15.2 Å². The van der Waals surface area contributed by atoms with E-state index in [0.717, 1.165) is 24.5 Å². The minimum Gasteiger partial charge on any atom is -0.490 e. The first-order valence-electron chi connectivity index (χ1n) is 5.74. The zero-order valence-corrected chi connectivity index (χ0v) is 11.3. The second-order valence-electron chi connectivity index (χ2n) is 4.39. The minimum atomic E-state index is 0.261. The lowest BCUT2D eigenvalue weighted by molar-refractivity contribution is 0.0499. The van der Waals surface area contributed by atoms with Gasteiger partial charge >= 0.3 is 0 Å². The van der Waals surface area contributed by atoms with Gasteiger partial charge in [0.25, 0.3) is 0 Å². The molecule has 1 aromatic rings. The van der Waals surface area contributed by atoms with E-state index in [9.17, 15) is 0 Å². The topological polar surface area (TPSA) is 60.6 Å². The number of hydrogen-bond donors (Lipinski definition) is 1. The van der Waals surface area contributed by atoms with Crippen molar-refractivity contribution in [3.05, 3.63) is 0 Å². The van der Waals surface area contributed by atoms with E-state index in [1.807, 2.05) is 0 Å². The van der Waals surface area contributed by atoms with Crippen LogP contribution in [0.4, 0.5) is 10.8 Å². The molecule has 0 bridgehead atoms. The molecule has 0 radical (unpaired) electrons. The summed E-state index contributed by atoms with van der Waals surface area (Å²) in [7, 11) is 3.40. The molecular formula is C11H19N3O2S. The van der Waals surface area contributed by atoms with E-state index in [-0.39, 0.29) is 6.10 Å². The Bertz CT molecular complexity index is 383. The molecule has 17 heavy (non-hydrogen) atoms. The van der Waals surface area contributed by atoms with Crippen molar-refractivity contribution in [1.82, 2.24) is 4.37 Å². The Kier molecular flexibility index (Phi) is 3.73. The highest BCUT2D eigenvalue weighted by atomic mass is 32.1. The summed E-state index contributed by atoms with van der Waals surface area (Å²) < 4.78 is 15.0. The first-order valence-corrected chi connectivity index (χ1v) is 6.51. The smallest absolute Gasteiger partial charge is 0.197 e. The minimum absolute atomic E-state index is 0.261. The summed E-state index contributed by atoms with van der Waals surface area (Å²) in [5, 5.41) is 1.01. The number of hydrogen-bond acceptors (Lipinski definition) is 6. The molecule has 2 N–H and O–H groups in total. The van der Waals surface area contributed by atoms with Crippen LogP contribution in [0.15, 0.2) is 0 Å². The van der Waals surface area contributed by atoms with Gasteiger partial charge < -0.3 is 20.1 Å². The van der Waals surface area contributed by atoms with Gasteiger partial charge in [-0.2, -0.15) is 4.37 Å². The van der Waals surface area contributed by atoms with Crippen LogP contribution in [0.3, 0.4) is 0 Å². The second kappa shape index (κ2) is 5.10. The number of methoxy groups -OCH3 is 2. The molecule has 2 rings (SSSR count). The van der Waals surface area contributed by atoms with Crippen molar-refractivity contribution in [3.63, 3.8) is 0 Å². The van der Waals surface area contributed by atoms with Gasteiger partial charge in [0.15, 0.2) is 16.6 Å². The van der Waals surface area contributed by atoms with E-state index >= 15 is 0 Å². The SMILES string of the molecule is COc1c(N)nsc1N1CCC(C)C(OC)C1. The summed E-state index contributed by atoms with van der Waals surface area (Å²) in [6.45, 7) is 4.10. The molecule has 0 amide bonds. The molecule has 0 saturated carbocycles. The molecule has 0 aliphatic carbocycles. The third kappa shape index (κ3) is 2.32. The largest absolute Gasteiger partial charge is 0.490 e. The molecule has 0 spiro atoms. The van der Waals surface area contributed by atoms with E-state index in [0.29, 0.717) is 17.5 Å². The predicted molar refractivity (Wildman–Crippen MR) is 69.9 cm³/mol. The van der Waals surface area contributed by atoms with E-state index in [1.165, 1.54) is 11.5 Å². The van der Waals surface area contributed by atoms with Crippen LogP contribution in [0.25, 0.3) is 0 Å². The molecule has 0 aromatic carbocycles. The predicted octanol–water partition coefficient (Wildman–Crippen LogP) is 1.60. The summed E-state index contributed by atoms with van der Waals surface area (Å²) in [6.07, 6.45) is 1.37. The summed E-state index contributed by atoms with van der Waals surface area (Å²) >= 11 is 1.39. The van der Waals surface area contributed by atoms with Crippen molar-refractivity contribution in [3.8, 4) is 5.75 Å². The number of nitrogens with zero attached hydrogens (tertiary/aromatic N) is 2. The van der Waals surface area contributed by atoms with Gasteiger partial charge in [0.05, 0.1) is 13.2 Å². The van der Waals surface area contributed by atoms with Crippen molar-refractivity contribution < 1.29 is 9.47 Å². The molecule has 1 aliphatic rings. The maximum Gasteiger partial charge on any atom is 0.197 e. The lowest BCUT2D eigenvalue weighted by Gasteiger charge is -2.36. The van der Waals surface area contributed by atoms with Crippen LogP contribution in [0.2, 0.25) is 0 Å². The highest BCUT2D eigenvalue weighted by molar-refractivity contribution is 7.11. The third-order valence-electron chi connectivity index (χ3n) is 3.34. The Morgan fingerprint density at radius 2 is 2.24 bits per heavy atom. The molecule has 2 unspecified atom stereocenters. The third-order valence-corrected chi connectivity index (χ3v) is 4.25. The maximum atomic E-state index is 5.77. The number of piperidine rings is 1. The van der Waals surface area contributed by atoms with E-state index in [1.54, 1.807) is 14.2 Å². The van der Waals surface area contributed by atoms with Crippen LogP contribution in [0.1, 0.15) is 13.3 Å². The van der Waals surface area contributed by atoms with E-state index < -0.39 is 0 Å². The molecule has 1 fully saturated rings. The summed E-state index contributed by atoms with van der Waals surface area (Å²) in [4.78, 5) is 2.25. The van der Waals surface area contributed by atoms with Crippen molar-refractivity contribution in [2.24, 2.45) is 5.92 Å². The quantitative estimate of drug-likeness (QED) is 0.891. The van der Waals surface area contributed by atoms with Gasteiger partial charge in [0, 0.05) is 20.2 Å². The first kappa shape index (κ1) is 12.4. The van der Waals surface area contributed by atoms with Crippen molar-refractivity contribution in [1.29, 1.82) is 0 Å². The van der Waals surface area contributed by atoms with Crippen molar-refractivity contribution in [2.45, 2.75) is 19.4 Å². The number of aromatic nitrogens is 1. The van der Waals surface area contributed by atoms with Crippen molar-refractivity contribution in [2.75, 3.05) is 37.9 Å². The average Bonchev–Trinajstić information content (AvgIpc) is 2.71. The van der Waals surface area contributed by atoms with Gasteiger partial charge in [-0.15, -0.1) is 0 Å². The molecular weight excluding hydrogens is 238 g/mol. The fraction of sp³-hybridized carbons (Fsp3) is 0.727. The maximum absolute atomic E-state index is 5.77. The number of rotatable bonds is 3. The van der Waals surface area contributed by atoms with Crippen LogP contribution in [-0.2, 0) is 4.74 Å². The van der Waals surface area contributed by atoms with Crippen LogP contribution in [0, 0.1) is 5.92 Å². The normalized spacial score (nSPS) is 25.0. The van der Waals surface area contributed by atoms with Crippen LogP contribution in [0.5, 0.6) is 5.75 Å². The summed E-state index contributed by atoms with van der Waals surface area (Å²) in [5.41, 5.74) is 5.77. The van der Waals surface area contributed by atoms with Gasteiger partial charge in [0.1, 0.15) is 0 Å². The Labute approximate surface area is 106 Å². The molecule has 5 nitrogen and oxygen atoms in total. The second-order valence-corrected chi connectivity index (χ2v) is 5.14. The van der Waals surface area contributed by atoms with Gasteiger partial charge in [-0.1, -0.05) is 6.92 Å². The summed E-state index contributed by atoms with van der Waals surface area (Å²) in [6, 6.07) is 0. The molecule has 2 heterocycles. The lowest BCUT2D eigenvalue weighted by Crippen LogP contribution is -2.43. The Morgan fingerprint density at radius 1 is 1.47 bits per heavy atom. The number of nitrogen functional groups attached to an aromatic ring is 1. The van der Waals surface area contributed by atoms with Crippen molar-refractivity contribution >= 4 is 22.4 Å². The van der Waals surface area contributed by atoms with Crippen LogP contribution < -0.4 is 15.4 Å². The molecule has 1 aromatic heterocycles. The van der Waals surface area contributed by atoms with Crippen LogP contribution >= 0.6 is 11.5 Å². The average molecular weight is 257 g/mol. The fourth-order valence-corrected chi connectivity index (χ4v) is 3.02. The number of anilines is 2. The summed E-state index contributed by atoms with van der Waals surface area (Å²) in [5.74, 6) is 1.76. The van der Waals surface area contributed by atoms with Gasteiger partial charge in [0.2, 0.25) is 0 Å². The zero-order valence-electron chi connectivity index (χ0n) is 10.5. The number of ether oxygens (including phenoxy) is 2. The molecule has 6 heteroatoms. The Hall–Kier alpha value is -1.01. The fourth-order valence-electron chi connectivity index (χ4n) is 2.20. The van der Waals surface area contributed by atoms with Gasteiger partial charge in [-0.05, 0) is 23.9 Å². The molecule has 2 atom stereocenters. The number of nitrogens with two attached hydrogens (primary N) is 1. The lowest BCUT2D eigenvalue weighted by atomic mass is 9.96. The van der Waals surface area contributed by atoms with Gasteiger partial charge in [-0.25, -0.2) is 0 Å². The molecule has 1 saturated heterocycles. The van der Waals surface area contributed by atoms with E-state index in [2.05, 4.69) is 16.2 Å².